The maximum absolute atomic E-state index is 12.3. The van der Waals surface area contributed by atoms with Gasteiger partial charge in [-0.1, -0.05) is 18.2 Å². The predicted octanol–water partition coefficient (Wildman–Crippen LogP) is 1.05. The molecule has 1 aliphatic rings. The number of carbonyl (C=O) groups is 2. The molecule has 0 bridgehead atoms. The highest BCUT2D eigenvalue weighted by atomic mass is 32.2. The van der Waals surface area contributed by atoms with Crippen molar-refractivity contribution in [2.75, 3.05) is 30.9 Å². The normalized spacial score (nSPS) is 21.0. The van der Waals surface area contributed by atoms with Crippen LogP contribution in [0.3, 0.4) is 0 Å². The van der Waals surface area contributed by atoms with Gasteiger partial charge in [0.2, 0.25) is 10.0 Å². The number of thiol groups is 1. The van der Waals surface area contributed by atoms with E-state index in [4.69, 9.17) is 9.84 Å². The van der Waals surface area contributed by atoms with E-state index in [1.165, 1.54) is 4.31 Å². The first-order chi connectivity index (χ1) is 11.7. The Morgan fingerprint density at radius 1 is 1.36 bits per heavy atom. The SMILES string of the molecule is CS(=O)(=O)N1CC(S)CC1COC(=O)N(CC(=O)O)c1ccccc1. The molecule has 1 heterocycles. The van der Waals surface area contributed by atoms with Crippen LogP contribution in [-0.4, -0.2) is 67.1 Å². The molecule has 1 amide bonds. The predicted molar refractivity (Wildman–Crippen MR) is 95.5 cm³/mol. The number of carboxylic acids is 1. The summed E-state index contributed by atoms with van der Waals surface area (Å²) in [5, 5.41) is 8.87. The molecule has 8 nitrogen and oxygen atoms in total. The molecule has 1 saturated heterocycles. The monoisotopic (exact) mass is 388 g/mol. The molecule has 1 aromatic rings. The molecule has 10 heteroatoms. The minimum absolute atomic E-state index is 0.136. The van der Waals surface area contributed by atoms with Crippen molar-refractivity contribution in [1.82, 2.24) is 4.31 Å². The van der Waals surface area contributed by atoms with Gasteiger partial charge in [0.1, 0.15) is 13.2 Å². The Kier molecular flexibility index (Phi) is 6.31. The number of rotatable bonds is 6. The number of carboxylic acid groups (broad SMARTS) is 1. The smallest absolute Gasteiger partial charge is 0.414 e. The van der Waals surface area contributed by atoms with E-state index in [2.05, 4.69) is 12.6 Å². The van der Waals surface area contributed by atoms with E-state index in [9.17, 15) is 18.0 Å². The van der Waals surface area contributed by atoms with Crippen LogP contribution in [0.15, 0.2) is 30.3 Å². The highest BCUT2D eigenvalue weighted by Crippen LogP contribution is 2.25. The van der Waals surface area contributed by atoms with Gasteiger partial charge in [-0.05, 0) is 18.6 Å². The van der Waals surface area contributed by atoms with Crippen LogP contribution in [0.2, 0.25) is 0 Å². The summed E-state index contributed by atoms with van der Waals surface area (Å²) in [7, 11) is -3.44. The van der Waals surface area contributed by atoms with Crippen LogP contribution in [0.4, 0.5) is 10.5 Å². The standard InChI is InChI=1S/C15H20N2O6S2/c1-25(21,22)17-8-13(24)7-12(17)10-23-15(20)16(9-14(18)19)11-5-3-2-4-6-11/h2-6,12-13,24H,7-10H2,1H3,(H,18,19). The van der Waals surface area contributed by atoms with Crippen LogP contribution in [0, 0.1) is 0 Å². The van der Waals surface area contributed by atoms with Crippen molar-refractivity contribution in [2.24, 2.45) is 0 Å². The number of amides is 1. The Balaban J connectivity index is 2.07. The summed E-state index contributed by atoms with van der Waals surface area (Å²) in [6.45, 7) is -0.466. The van der Waals surface area contributed by atoms with Crippen molar-refractivity contribution in [3.05, 3.63) is 30.3 Å². The zero-order chi connectivity index (χ0) is 18.6. The zero-order valence-electron chi connectivity index (χ0n) is 13.6. The topological polar surface area (TPSA) is 104 Å². The fraction of sp³-hybridized carbons (Fsp3) is 0.467. The van der Waals surface area contributed by atoms with Crippen LogP contribution in [0.25, 0.3) is 0 Å². The van der Waals surface area contributed by atoms with Gasteiger partial charge in [-0.2, -0.15) is 16.9 Å². The van der Waals surface area contributed by atoms with Crippen LogP contribution in [-0.2, 0) is 19.6 Å². The van der Waals surface area contributed by atoms with E-state index in [0.717, 1.165) is 11.2 Å². The van der Waals surface area contributed by atoms with Gasteiger partial charge < -0.3 is 9.84 Å². The Bertz CT molecular complexity index is 725. The molecular formula is C15H20N2O6S2. The van der Waals surface area contributed by atoms with Gasteiger partial charge in [0.15, 0.2) is 0 Å². The van der Waals surface area contributed by atoms with Crippen LogP contribution >= 0.6 is 12.6 Å². The van der Waals surface area contributed by atoms with E-state index >= 15 is 0 Å². The van der Waals surface area contributed by atoms with Gasteiger partial charge in [0, 0.05) is 17.5 Å². The lowest BCUT2D eigenvalue weighted by Gasteiger charge is -2.24. The summed E-state index contributed by atoms with van der Waals surface area (Å²) >= 11 is 4.30. The largest absolute Gasteiger partial charge is 0.480 e. The fourth-order valence-corrected chi connectivity index (χ4v) is 4.34. The number of hydrogen-bond acceptors (Lipinski definition) is 6. The third-order valence-electron chi connectivity index (χ3n) is 3.75. The van der Waals surface area contributed by atoms with Crippen molar-refractivity contribution < 1.29 is 27.9 Å². The third-order valence-corrected chi connectivity index (χ3v) is 5.42. The summed E-state index contributed by atoms with van der Waals surface area (Å²) in [5.41, 5.74) is 0.383. The van der Waals surface area contributed by atoms with E-state index in [0.29, 0.717) is 12.1 Å². The van der Waals surface area contributed by atoms with Crippen LogP contribution in [0.5, 0.6) is 0 Å². The molecule has 2 rings (SSSR count). The zero-order valence-corrected chi connectivity index (χ0v) is 15.3. The lowest BCUT2D eigenvalue weighted by molar-refractivity contribution is -0.135. The summed E-state index contributed by atoms with van der Waals surface area (Å²) in [4.78, 5) is 24.3. The molecule has 25 heavy (non-hydrogen) atoms. The lowest BCUT2D eigenvalue weighted by Crippen LogP contribution is -2.41. The van der Waals surface area contributed by atoms with Crippen molar-refractivity contribution in [1.29, 1.82) is 0 Å². The molecule has 0 radical (unpaired) electrons. The number of anilines is 1. The fourth-order valence-electron chi connectivity index (χ4n) is 2.67. The molecule has 0 saturated carbocycles. The van der Waals surface area contributed by atoms with E-state index in [1.807, 2.05) is 0 Å². The summed E-state index contributed by atoms with van der Waals surface area (Å²) < 4.78 is 30.0. The lowest BCUT2D eigenvalue weighted by atomic mass is 10.2. The minimum atomic E-state index is -3.44. The van der Waals surface area contributed by atoms with Crippen molar-refractivity contribution in [3.63, 3.8) is 0 Å². The highest BCUT2D eigenvalue weighted by molar-refractivity contribution is 7.88. The number of para-hydroxylation sites is 1. The average Bonchev–Trinajstić information content (AvgIpc) is 2.92. The first-order valence-electron chi connectivity index (χ1n) is 7.54. The summed E-state index contributed by atoms with van der Waals surface area (Å²) in [5.74, 6) is -1.19. The van der Waals surface area contributed by atoms with Crippen molar-refractivity contribution in [2.45, 2.75) is 17.7 Å². The minimum Gasteiger partial charge on any atom is -0.480 e. The number of benzene rings is 1. The Morgan fingerprint density at radius 3 is 2.56 bits per heavy atom. The second-order valence-corrected chi connectivity index (χ2v) is 8.43. The van der Waals surface area contributed by atoms with Gasteiger partial charge in [0.05, 0.1) is 12.3 Å². The second-order valence-electron chi connectivity index (χ2n) is 5.77. The number of ether oxygens (including phenoxy) is 1. The molecule has 2 unspecified atom stereocenters. The van der Waals surface area contributed by atoms with Crippen molar-refractivity contribution >= 4 is 40.4 Å². The molecule has 0 spiro atoms. The Hall–Kier alpha value is -1.78. The number of sulfonamides is 1. The molecule has 2 atom stereocenters. The average molecular weight is 388 g/mol. The van der Waals surface area contributed by atoms with E-state index < -0.39 is 34.7 Å². The molecule has 0 aliphatic carbocycles. The van der Waals surface area contributed by atoms with Gasteiger partial charge >= 0.3 is 12.1 Å². The van der Waals surface area contributed by atoms with E-state index in [1.54, 1.807) is 30.3 Å². The van der Waals surface area contributed by atoms with Gasteiger partial charge in [-0.25, -0.2) is 13.2 Å². The quantitative estimate of drug-likeness (QED) is 0.706. The molecule has 1 aromatic carbocycles. The van der Waals surface area contributed by atoms with Gasteiger partial charge in [-0.3, -0.25) is 9.69 Å². The molecule has 1 N–H and O–H groups in total. The molecule has 0 aromatic heterocycles. The first kappa shape index (κ1) is 19.5. The first-order valence-corrected chi connectivity index (χ1v) is 9.91. The maximum atomic E-state index is 12.3. The van der Waals surface area contributed by atoms with Crippen LogP contribution in [0.1, 0.15) is 6.42 Å². The van der Waals surface area contributed by atoms with E-state index in [-0.39, 0.29) is 18.4 Å². The Morgan fingerprint density at radius 2 is 2.00 bits per heavy atom. The van der Waals surface area contributed by atoms with Gasteiger partial charge in [0.25, 0.3) is 0 Å². The number of carbonyl (C=O) groups excluding carboxylic acids is 1. The van der Waals surface area contributed by atoms with Crippen LogP contribution < -0.4 is 4.90 Å². The molecular weight excluding hydrogens is 368 g/mol. The second kappa shape index (κ2) is 8.07. The maximum Gasteiger partial charge on any atom is 0.414 e. The Labute approximate surface area is 151 Å². The summed E-state index contributed by atoms with van der Waals surface area (Å²) in [6.07, 6.45) is 0.701. The highest BCUT2D eigenvalue weighted by Gasteiger charge is 2.37. The van der Waals surface area contributed by atoms with Crippen molar-refractivity contribution in [3.8, 4) is 0 Å². The summed E-state index contributed by atoms with van der Waals surface area (Å²) in [6, 6.07) is 7.75. The number of hydrogen-bond donors (Lipinski definition) is 2. The van der Waals surface area contributed by atoms with Gasteiger partial charge in [-0.15, -0.1) is 0 Å². The molecule has 1 aliphatic heterocycles. The molecule has 1 fully saturated rings. The number of nitrogens with zero attached hydrogens (tertiary/aromatic N) is 2. The third kappa shape index (κ3) is 5.35. The molecule has 138 valence electrons. The number of aliphatic carboxylic acids is 1.